The monoisotopic (exact) mass is 599 g/mol. The van der Waals surface area contributed by atoms with E-state index in [1.54, 1.807) is 55.6 Å². The van der Waals surface area contributed by atoms with Gasteiger partial charge in [-0.3, -0.25) is 13.9 Å². The molecule has 0 aliphatic carbocycles. The lowest BCUT2D eigenvalue weighted by Crippen LogP contribution is -2.55. The zero-order valence-electron chi connectivity index (χ0n) is 24.3. The van der Waals surface area contributed by atoms with Gasteiger partial charge in [-0.25, -0.2) is 8.42 Å². The van der Waals surface area contributed by atoms with Crippen LogP contribution in [0.3, 0.4) is 0 Å². The Bertz CT molecular complexity index is 1450. The van der Waals surface area contributed by atoms with E-state index in [0.29, 0.717) is 12.2 Å². The molecule has 0 aromatic heterocycles. The molecule has 0 saturated carbocycles. The first kappa shape index (κ1) is 32.0. The molecule has 3 rings (SSSR count). The van der Waals surface area contributed by atoms with Gasteiger partial charge in [0.1, 0.15) is 18.3 Å². The average Bonchev–Trinajstić information content (AvgIpc) is 2.91. The summed E-state index contributed by atoms with van der Waals surface area (Å²) >= 11 is 6.46. The number of carbonyl (C=O) groups is 2. The Kier molecular flexibility index (Phi) is 10.4. The molecular formula is C31H38ClN3O5S. The summed E-state index contributed by atoms with van der Waals surface area (Å²) in [4.78, 5) is 29.0. The zero-order chi connectivity index (χ0) is 30.4. The van der Waals surface area contributed by atoms with Crippen LogP contribution in [0.25, 0.3) is 0 Å². The second kappa shape index (κ2) is 13.4. The fourth-order valence-electron chi connectivity index (χ4n) is 4.30. The number of carbonyl (C=O) groups excluding carboxylic acids is 2. The van der Waals surface area contributed by atoms with E-state index in [-0.39, 0.29) is 28.1 Å². The average molecular weight is 600 g/mol. The summed E-state index contributed by atoms with van der Waals surface area (Å²) in [5.41, 5.74) is 1.29. The lowest BCUT2D eigenvalue weighted by Gasteiger charge is -2.35. The van der Waals surface area contributed by atoms with Crippen molar-refractivity contribution in [3.63, 3.8) is 0 Å². The van der Waals surface area contributed by atoms with Crippen molar-refractivity contribution >= 4 is 39.1 Å². The minimum atomic E-state index is -4.20. The molecule has 0 saturated heterocycles. The van der Waals surface area contributed by atoms with Crippen molar-refractivity contribution in [3.05, 3.63) is 88.9 Å². The van der Waals surface area contributed by atoms with Crippen molar-refractivity contribution in [1.29, 1.82) is 0 Å². The SMILES string of the molecule is CC[C@@H](C(=O)NC(C)(C)C)N(Cc1ccc(OC)cc1)C(=O)CN(c1ccccc1Cl)S(=O)(=O)c1ccc(C)cc1. The molecule has 220 valence electrons. The van der Waals surface area contributed by atoms with Gasteiger partial charge in [-0.2, -0.15) is 0 Å². The molecule has 0 heterocycles. The van der Waals surface area contributed by atoms with E-state index in [1.165, 1.54) is 17.0 Å². The molecule has 8 nitrogen and oxygen atoms in total. The molecule has 1 N–H and O–H groups in total. The number of benzene rings is 3. The highest BCUT2D eigenvalue weighted by atomic mass is 35.5. The highest BCUT2D eigenvalue weighted by Crippen LogP contribution is 2.31. The van der Waals surface area contributed by atoms with Crippen LogP contribution in [0.4, 0.5) is 5.69 Å². The fourth-order valence-corrected chi connectivity index (χ4v) is 6.03. The molecule has 2 amide bonds. The van der Waals surface area contributed by atoms with Crippen molar-refractivity contribution in [1.82, 2.24) is 10.2 Å². The quantitative estimate of drug-likeness (QED) is 0.311. The van der Waals surface area contributed by atoms with Crippen molar-refractivity contribution in [3.8, 4) is 5.75 Å². The van der Waals surface area contributed by atoms with E-state index in [1.807, 2.05) is 46.8 Å². The maximum absolute atomic E-state index is 14.1. The number of hydrogen-bond donors (Lipinski definition) is 1. The van der Waals surface area contributed by atoms with Gasteiger partial charge in [0, 0.05) is 12.1 Å². The molecule has 0 bridgehead atoms. The van der Waals surface area contributed by atoms with E-state index in [9.17, 15) is 18.0 Å². The van der Waals surface area contributed by atoms with Crippen LogP contribution in [0.2, 0.25) is 5.02 Å². The fraction of sp³-hybridized carbons (Fsp3) is 0.355. The van der Waals surface area contributed by atoms with Gasteiger partial charge < -0.3 is 15.0 Å². The van der Waals surface area contributed by atoms with E-state index in [2.05, 4.69) is 5.32 Å². The number of anilines is 1. The Balaban J connectivity index is 2.08. The summed E-state index contributed by atoms with van der Waals surface area (Å²) in [5.74, 6) is -0.224. The molecule has 1 atom stereocenters. The number of hydrogen-bond acceptors (Lipinski definition) is 5. The molecule has 0 aliphatic heterocycles. The van der Waals surface area contributed by atoms with Crippen LogP contribution in [0.15, 0.2) is 77.7 Å². The van der Waals surface area contributed by atoms with Gasteiger partial charge in [0.25, 0.3) is 10.0 Å². The summed E-state index contributed by atoms with van der Waals surface area (Å²) in [6.45, 7) is 8.78. The number of para-hydroxylation sites is 1. The summed E-state index contributed by atoms with van der Waals surface area (Å²) in [5, 5.41) is 3.14. The highest BCUT2D eigenvalue weighted by Gasteiger charge is 2.35. The zero-order valence-corrected chi connectivity index (χ0v) is 25.9. The summed E-state index contributed by atoms with van der Waals surface area (Å²) in [6, 6.07) is 19.2. The Hall–Kier alpha value is -3.56. The van der Waals surface area contributed by atoms with E-state index in [0.717, 1.165) is 15.4 Å². The third kappa shape index (κ3) is 8.24. The lowest BCUT2D eigenvalue weighted by molar-refractivity contribution is -0.141. The second-order valence-electron chi connectivity index (χ2n) is 10.8. The third-order valence-electron chi connectivity index (χ3n) is 6.41. The normalized spacial score (nSPS) is 12.4. The summed E-state index contributed by atoms with van der Waals surface area (Å²) in [7, 11) is -2.64. The van der Waals surface area contributed by atoms with Gasteiger partial charge in [0.2, 0.25) is 11.8 Å². The van der Waals surface area contributed by atoms with Crippen LogP contribution >= 0.6 is 11.6 Å². The highest BCUT2D eigenvalue weighted by molar-refractivity contribution is 7.92. The largest absolute Gasteiger partial charge is 0.497 e. The number of nitrogens with one attached hydrogen (secondary N) is 1. The smallest absolute Gasteiger partial charge is 0.264 e. The van der Waals surface area contributed by atoms with Crippen molar-refractivity contribution in [2.45, 2.75) is 64.1 Å². The van der Waals surface area contributed by atoms with Gasteiger partial charge in [0.15, 0.2) is 0 Å². The number of amides is 2. The number of sulfonamides is 1. The first-order chi connectivity index (χ1) is 19.3. The predicted molar refractivity (Wildman–Crippen MR) is 163 cm³/mol. The van der Waals surface area contributed by atoms with Gasteiger partial charge >= 0.3 is 0 Å². The Morgan fingerprint density at radius 2 is 1.59 bits per heavy atom. The Morgan fingerprint density at radius 1 is 0.976 bits per heavy atom. The van der Waals surface area contributed by atoms with Gasteiger partial charge in [-0.1, -0.05) is 60.5 Å². The minimum Gasteiger partial charge on any atom is -0.497 e. The molecule has 3 aromatic rings. The van der Waals surface area contributed by atoms with Crippen LogP contribution in [0.5, 0.6) is 5.75 Å². The lowest BCUT2D eigenvalue weighted by atomic mass is 10.1. The Labute approximate surface area is 248 Å². The molecule has 0 unspecified atom stereocenters. The van der Waals surface area contributed by atoms with Crippen molar-refractivity contribution in [2.24, 2.45) is 0 Å². The van der Waals surface area contributed by atoms with Crippen LogP contribution in [0.1, 0.15) is 45.2 Å². The first-order valence-corrected chi connectivity index (χ1v) is 15.2. The molecular weight excluding hydrogens is 562 g/mol. The third-order valence-corrected chi connectivity index (χ3v) is 8.50. The van der Waals surface area contributed by atoms with Crippen LogP contribution in [-0.4, -0.2) is 50.4 Å². The standard InChI is InChI=1S/C31H38ClN3O5S/c1-7-27(30(37)33-31(3,4)5)34(20-23-14-16-24(40-6)17-15-23)29(36)21-35(28-11-9-8-10-26(28)32)41(38,39)25-18-12-22(2)13-19-25/h8-19,27H,7,20-21H2,1-6H3,(H,33,37)/t27-/m0/s1. The first-order valence-electron chi connectivity index (χ1n) is 13.3. The topological polar surface area (TPSA) is 96.0 Å². The maximum Gasteiger partial charge on any atom is 0.264 e. The van der Waals surface area contributed by atoms with E-state index < -0.39 is 34.1 Å². The van der Waals surface area contributed by atoms with Crippen LogP contribution in [0, 0.1) is 6.92 Å². The number of rotatable bonds is 11. The number of aryl methyl sites for hydroxylation is 1. The molecule has 0 radical (unpaired) electrons. The minimum absolute atomic E-state index is 0.0232. The molecule has 41 heavy (non-hydrogen) atoms. The predicted octanol–water partition coefficient (Wildman–Crippen LogP) is 5.57. The number of halogens is 1. The molecule has 10 heteroatoms. The Morgan fingerprint density at radius 3 is 2.12 bits per heavy atom. The maximum atomic E-state index is 14.1. The molecule has 3 aromatic carbocycles. The van der Waals surface area contributed by atoms with E-state index >= 15 is 0 Å². The number of methoxy groups -OCH3 is 1. The summed E-state index contributed by atoms with van der Waals surface area (Å²) < 4.78 is 34.2. The van der Waals surface area contributed by atoms with Crippen molar-refractivity contribution in [2.75, 3.05) is 18.0 Å². The van der Waals surface area contributed by atoms with Gasteiger partial charge in [-0.15, -0.1) is 0 Å². The molecule has 0 spiro atoms. The number of nitrogens with zero attached hydrogens (tertiary/aromatic N) is 2. The molecule has 0 aliphatic rings. The molecule has 0 fully saturated rings. The number of ether oxygens (including phenoxy) is 1. The second-order valence-corrected chi connectivity index (χ2v) is 13.1. The van der Waals surface area contributed by atoms with Crippen LogP contribution < -0.4 is 14.4 Å². The summed E-state index contributed by atoms with van der Waals surface area (Å²) in [6.07, 6.45) is 0.320. The van der Waals surface area contributed by atoms with Gasteiger partial charge in [-0.05, 0) is 76.1 Å². The van der Waals surface area contributed by atoms with Gasteiger partial charge in [0.05, 0.1) is 22.7 Å². The van der Waals surface area contributed by atoms with Crippen molar-refractivity contribution < 1.29 is 22.7 Å². The van der Waals surface area contributed by atoms with E-state index in [4.69, 9.17) is 16.3 Å². The van der Waals surface area contributed by atoms with Crippen LogP contribution in [-0.2, 0) is 26.2 Å².